The molecular weight excluding hydrogens is 304 g/mol. The molecule has 1 saturated heterocycles. The van der Waals surface area contributed by atoms with Gasteiger partial charge in [0.25, 0.3) is 0 Å². The van der Waals surface area contributed by atoms with Crippen LogP contribution in [-0.4, -0.2) is 11.9 Å². The number of carbonyl (C=O) groups excluding carboxylic acids is 2. The third-order valence-corrected chi connectivity index (χ3v) is 4.23. The maximum absolute atomic E-state index is 12.0. The van der Waals surface area contributed by atoms with Gasteiger partial charge < -0.3 is 9.47 Å². The standard InChI is InChI=1S/C20H20O4/c1-3-14-7-5-9-16(11-14)20(23-18(21)13-19(22)24-20)17-10-6-8-15(4-2)12-17/h5-12H,3-4,13H2,1-2H3. The second kappa shape index (κ2) is 6.48. The first-order valence-electron chi connectivity index (χ1n) is 8.20. The van der Waals surface area contributed by atoms with Crippen LogP contribution in [0.3, 0.4) is 0 Å². The van der Waals surface area contributed by atoms with E-state index in [4.69, 9.17) is 9.47 Å². The fraction of sp³-hybridized carbons (Fsp3) is 0.300. The van der Waals surface area contributed by atoms with Gasteiger partial charge in [-0.1, -0.05) is 50.2 Å². The summed E-state index contributed by atoms with van der Waals surface area (Å²) in [4.78, 5) is 24.0. The average molecular weight is 324 g/mol. The van der Waals surface area contributed by atoms with Crippen LogP contribution in [0.5, 0.6) is 0 Å². The zero-order chi connectivity index (χ0) is 17.2. The van der Waals surface area contributed by atoms with Crippen LogP contribution in [-0.2, 0) is 37.7 Å². The third-order valence-electron chi connectivity index (χ3n) is 4.23. The van der Waals surface area contributed by atoms with Crippen LogP contribution in [0.4, 0.5) is 0 Å². The van der Waals surface area contributed by atoms with Crippen molar-refractivity contribution in [1.29, 1.82) is 0 Å². The molecule has 24 heavy (non-hydrogen) atoms. The quantitative estimate of drug-likeness (QED) is 0.638. The molecule has 0 bridgehead atoms. The molecular formula is C20H20O4. The van der Waals surface area contributed by atoms with Crippen molar-refractivity contribution in [3.8, 4) is 0 Å². The molecule has 3 rings (SSSR count). The summed E-state index contributed by atoms with van der Waals surface area (Å²) in [7, 11) is 0. The van der Waals surface area contributed by atoms with E-state index in [1.165, 1.54) is 0 Å². The Morgan fingerprint density at radius 1 is 0.833 bits per heavy atom. The molecule has 0 amide bonds. The van der Waals surface area contributed by atoms with E-state index in [9.17, 15) is 9.59 Å². The second-order valence-electron chi connectivity index (χ2n) is 5.85. The lowest BCUT2D eigenvalue weighted by atomic mass is 9.92. The highest BCUT2D eigenvalue weighted by molar-refractivity contribution is 5.93. The predicted molar refractivity (Wildman–Crippen MR) is 89.2 cm³/mol. The van der Waals surface area contributed by atoms with Crippen molar-refractivity contribution in [3.05, 3.63) is 70.8 Å². The lowest BCUT2D eigenvalue weighted by Crippen LogP contribution is -2.43. The van der Waals surface area contributed by atoms with Gasteiger partial charge in [-0.25, -0.2) is 0 Å². The number of aryl methyl sites for hydroxylation is 2. The van der Waals surface area contributed by atoms with E-state index in [2.05, 4.69) is 0 Å². The number of hydrogen-bond acceptors (Lipinski definition) is 4. The highest BCUT2D eigenvalue weighted by Gasteiger charge is 2.47. The van der Waals surface area contributed by atoms with Crippen molar-refractivity contribution < 1.29 is 19.1 Å². The Morgan fingerprint density at radius 2 is 1.29 bits per heavy atom. The molecule has 0 unspecified atom stereocenters. The molecule has 1 fully saturated rings. The van der Waals surface area contributed by atoms with E-state index in [1.54, 1.807) is 0 Å². The molecule has 0 aromatic heterocycles. The normalized spacial score (nSPS) is 16.4. The van der Waals surface area contributed by atoms with Crippen LogP contribution in [0.25, 0.3) is 0 Å². The zero-order valence-electron chi connectivity index (χ0n) is 13.9. The van der Waals surface area contributed by atoms with E-state index >= 15 is 0 Å². The fourth-order valence-electron chi connectivity index (χ4n) is 2.93. The van der Waals surface area contributed by atoms with Crippen LogP contribution < -0.4 is 0 Å². The molecule has 4 nitrogen and oxygen atoms in total. The first-order valence-corrected chi connectivity index (χ1v) is 8.20. The van der Waals surface area contributed by atoms with E-state index in [0.29, 0.717) is 11.1 Å². The van der Waals surface area contributed by atoms with Crippen molar-refractivity contribution in [2.24, 2.45) is 0 Å². The lowest BCUT2D eigenvalue weighted by Gasteiger charge is -2.36. The maximum atomic E-state index is 12.0. The summed E-state index contributed by atoms with van der Waals surface area (Å²) in [5.74, 6) is -2.66. The molecule has 0 saturated carbocycles. The van der Waals surface area contributed by atoms with Crippen LogP contribution >= 0.6 is 0 Å². The maximum Gasteiger partial charge on any atom is 0.320 e. The van der Waals surface area contributed by atoms with Gasteiger partial charge in [0.05, 0.1) is 0 Å². The predicted octanol–water partition coefficient (Wildman–Crippen LogP) is 3.50. The Kier molecular flexibility index (Phi) is 4.38. The summed E-state index contributed by atoms with van der Waals surface area (Å²) in [6.07, 6.45) is 1.31. The van der Waals surface area contributed by atoms with Gasteiger partial charge in [0.1, 0.15) is 6.42 Å². The van der Waals surface area contributed by atoms with Crippen molar-refractivity contribution in [2.45, 2.75) is 38.9 Å². The number of cyclic esters (lactones) is 2. The summed E-state index contributed by atoms with van der Waals surface area (Å²) >= 11 is 0. The Hall–Kier alpha value is -2.62. The highest BCUT2D eigenvalue weighted by Crippen LogP contribution is 2.39. The molecule has 0 N–H and O–H groups in total. The highest BCUT2D eigenvalue weighted by atomic mass is 16.7. The van der Waals surface area contributed by atoms with Crippen LogP contribution in [0.2, 0.25) is 0 Å². The second-order valence-corrected chi connectivity index (χ2v) is 5.85. The van der Waals surface area contributed by atoms with E-state index in [-0.39, 0.29) is 6.42 Å². The Bertz CT molecular complexity index is 713. The minimum absolute atomic E-state index is 0.358. The van der Waals surface area contributed by atoms with Gasteiger partial charge in [-0.05, 0) is 36.1 Å². The lowest BCUT2D eigenvalue weighted by molar-refractivity contribution is -0.234. The molecule has 124 valence electrons. The SMILES string of the molecule is CCc1cccc(C2(c3cccc(CC)c3)OC(=O)CC(=O)O2)c1. The molecule has 0 radical (unpaired) electrons. The zero-order valence-corrected chi connectivity index (χ0v) is 13.9. The van der Waals surface area contributed by atoms with Gasteiger partial charge in [-0.2, -0.15) is 0 Å². The van der Waals surface area contributed by atoms with Gasteiger partial charge in [0.15, 0.2) is 0 Å². The number of carbonyl (C=O) groups is 2. The number of ether oxygens (including phenoxy) is 2. The first kappa shape index (κ1) is 16.2. The molecule has 4 heteroatoms. The number of rotatable bonds is 4. The van der Waals surface area contributed by atoms with Gasteiger partial charge in [0.2, 0.25) is 0 Å². The summed E-state index contributed by atoms with van der Waals surface area (Å²) < 4.78 is 11.3. The van der Waals surface area contributed by atoms with Crippen LogP contribution in [0.1, 0.15) is 42.5 Å². The number of esters is 2. The van der Waals surface area contributed by atoms with Crippen molar-refractivity contribution in [2.75, 3.05) is 0 Å². The largest absolute Gasteiger partial charge is 0.413 e. The summed E-state index contributed by atoms with van der Waals surface area (Å²) in [6, 6.07) is 15.2. The smallest absolute Gasteiger partial charge is 0.320 e. The Balaban J connectivity index is 2.20. The van der Waals surface area contributed by atoms with Gasteiger partial charge in [-0.3, -0.25) is 9.59 Å². The van der Waals surface area contributed by atoms with E-state index < -0.39 is 17.7 Å². The first-order chi connectivity index (χ1) is 11.6. The van der Waals surface area contributed by atoms with Crippen LogP contribution in [0, 0.1) is 0 Å². The molecule has 2 aromatic rings. The number of benzene rings is 2. The van der Waals surface area contributed by atoms with Gasteiger partial charge in [0, 0.05) is 11.1 Å². The average Bonchev–Trinajstić information content (AvgIpc) is 2.61. The van der Waals surface area contributed by atoms with Gasteiger partial charge in [-0.15, -0.1) is 0 Å². The summed E-state index contributed by atoms with van der Waals surface area (Å²) in [5.41, 5.74) is 3.46. The molecule has 1 aliphatic rings. The van der Waals surface area contributed by atoms with Gasteiger partial charge >= 0.3 is 17.7 Å². The minimum Gasteiger partial charge on any atom is -0.413 e. The Labute approximate surface area is 141 Å². The molecule has 1 aliphatic heterocycles. The van der Waals surface area contributed by atoms with E-state index in [0.717, 1.165) is 24.0 Å². The minimum atomic E-state index is -1.51. The number of hydrogen-bond donors (Lipinski definition) is 0. The van der Waals surface area contributed by atoms with Crippen molar-refractivity contribution >= 4 is 11.9 Å². The van der Waals surface area contributed by atoms with Crippen LogP contribution in [0.15, 0.2) is 48.5 Å². The Morgan fingerprint density at radius 3 is 1.71 bits per heavy atom. The van der Waals surface area contributed by atoms with E-state index in [1.807, 2.05) is 62.4 Å². The fourth-order valence-corrected chi connectivity index (χ4v) is 2.93. The molecule has 0 spiro atoms. The van der Waals surface area contributed by atoms with Crippen molar-refractivity contribution in [1.82, 2.24) is 0 Å². The molecule has 0 aliphatic carbocycles. The monoisotopic (exact) mass is 324 g/mol. The summed E-state index contributed by atoms with van der Waals surface area (Å²) in [5, 5.41) is 0. The molecule has 0 atom stereocenters. The molecule has 1 heterocycles. The third kappa shape index (κ3) is 2.92. The van der Waals surface area contributed by atoms with Crippen molar-refractivity contribution in [3.63, 3.8) is 0 Å². The topological polar surface area (TPSA) is 52.6 Å². The molecule has 2 aromatic carbocycles. The summed E-state index contributed by atoms with van der Waals surface area (Å²) in [6.45, 7) is 4.09.